The molecule has 0 saturated heterocycles. The number of benzene rings is 3. The average molecular weight is 481 g/mol. The molecule has 0 aromatic heterocycles. The Morgan fingerprint density at radius 1 is 0.629 bits per heavy atom. The summed E-state index contributed by atoms with van der Waals surface area (Å²) in [6, 6.07) is 11.5. The molecule has 10 heteroatoms. The van der Waals surface area contributed by atoms with Crippen LogP contribution in [0.1, 0.15) is 31.1 Å². The van der Waals surface area contributed by atoms with E-state index in [0.29, 0.717) is 0 Å². The molecule has 0 atom stereocenters. The topological polar surface area (TPSA) is 163 Å². The predicted octanol–water partition coefficient (Wildman–Crippen LogP) is 2.43. The summed E-state index contributed by atoms with van der Waals surface area (Å²) in [5, 5.41) is 40.8. The molecular formula is C25H23NO9. The quantitative estimate of drug-likeness (QED) is 0.203. The molecule has 3 rings (SSSR count). The van der Waals surface area contributed by atoms with Crippen molar-refractivity contribution in [2.75, 3.05) is 26.8 Å². The van der Waals surface area contributed by atoms with Crippen LogP contribution in [0.25, 0.3) is 0 Å². The number of hydrogen-bond acceptors (Lipinski definition) is 10. The van der Waals surface area contributed by atoms with Gasteiger partial charge in [0.1, 0.15) is 0 Å². The van der Waals surface area contributed by atoms with Gasteiger partial charge in [0.05, 0.1) is 6.54 Å². The van der Waals surface area contributed by atoms with E-state index in [2.05, 4.69) is 5.32 Å². The molecule has 0 aliphatic rings. The average Bonchev–Trinajstić information content (AvgIpc) is 2.84. The number of carbonyl (C=O) groups is 3. The second kappa shape index (κ2) is 11.0. The molecule has 0 aliphatic carbocycles. The van der Waals surface area contributed by atoms with Crippen molar-refractivity contribution in [2.45, 2.75) is 0 Å². The number of likely N-dealkylation sites (N-methyl/N-ethyl adjacent to an activating group) is 1. The Balaban J connectivity index is 1.78. The first-order chi connectivity index (χ1) is 16.7. The maximum atomic E-state index is 12.5. The minimum Gasteiger partial charge on any atom is -0.504 e. The van der Waals surface area contributed by atoms with Crippen LogP contribution in [0.4, 0.5) is 0 Å². The third-order valence-electron chi connectivity index (χ3n) is 4.92. The van der Waals surface area contributed by atoms with E-state index in [1.165, 1.54) is 42.5 Å². The molecule has 5 N–H and O–H groups in total. The standard InChI is InChI=1S/C25H23NO9/c1-26-11-21(31)16-4-7-24(34-12-22(32)14-2-5-17(27)19(29)8-14)25(10-16)35-13-23(33)15-3-6-18(28)20(30)9-15/h2-10,26-30H,11-13H2,1H3. The Kier molecular flexibility index (Phi) is 7.90. The van der Waals surface area contributed by atoms with Crippen molar-refractivity contribution < 1.29 is 44.3 Å². The molecule has 0 unspecified atom stereocenters. The number of ether oxygens (including phenoxy) is 2. The first kappa shape index (κ1) is 25.1. The van der Waals surface area contributed by atoms with E-state index in [0.717, 1.165) is 12.1 Å². The predicted molar refractivity (Wildman–Crippen MR) is 124 cm³/mol. The molecule has 0 bridgehead atoms. The lowest BCUT2D eigenvalue weighted by molar-refractivity contribution is 0.0894. The highest BCUT2D eigenvalue weighted by Crippen LogP contribution is 2.30. The molecule has 0 radical (unpaired) electrons. The van der Waals surface area contributed by atoms with Crippen molar-refractivity contribution in [1.29, 1.82) is 0 Å². The summed E-state index contributed by atoms with van der Waals surface area (Å²) in [6.45, 7) is -0.873. The fourth-order valence-corrected chi connectivity index (χ4v) is 3.02. The van der Waals surface area contributed by atoms with Gasteiger partial charge in [0.25, 0.3) is 0 Å². The van der Waals surface area contributed by atoms with Crippen LogP contribution in [0.3, 0.4) is 0 Å². The smallest absolute Gasteiger partial charge is 0.200 e. The molecule has 0 heterocycles. The van der Waals surface area contributed by atoms with Gasteiger partial charge in [0.2, 0.25) is 0 Å². The molecule has 0 fully saturated rings. The van der Waals surface area contributed by atoms with E-state index < -0.39 is 36.3 Å². The Labute approximate surface area is 200 Å². The molecule has 0 amide bonds. The first-order valence-electron chi connectivity index (χ1n) is 10.4. The van der Waals surface area contributed by atoms with E-state index in [1.54, 1.807) is 7.05 Å². The van der Waals surface area contributed by atoms with E-state index >= 15 is 0 Å². The normalized spacial score (nSPS) is 10.5. The van der Waals surface area contributed by atoms with Crippen LogP contribution in [-0.2, 0) is 0 Å². The second-order valence-corrected chi connectivity index (χ2v) is 7.45. The van der Waals surface area contributed by atoms with Crippen LogP contribution >= 0.6 is 0 Å². The minimum absolute atomic E-state index is 0.0321. The van der Waals surface area contributed by atoms with Crippen LogP contribution in [-0.4, -0.2) is 64.6 Å². The molecule has 0 spiro atoms. The van der Waals surface area contributed by atoms with Crippen LogP contribution in [0.15, 0.2) is 54.6 Å². The Morgan fingerprint density at radius 3 is 1.57 bits per heavy atom. The number of carbonyl (C=O) groups excluding carboxylic acids is 3. The lowest BCUT2D eigenvalue weighted by Gasteiger charge is -2.14. The van der Waals surface area contributed by atoms with E-state index in [9.17, 15) is 34.8 Å². The summed E-state index contributed by atoms with van der Waals surface area (Å²) in [5.41, 5.74) is 0.476. The van der Waals surface area contributed by atoms with Gasteiger partial charge in [0, 0.05) is 16.7 Å². The van der Waals surface area contributed by atoms with Gasteiger partial charge in [-0.3, -0.25) is 14.4 Å². The third kappa shape index (κ3) is 6.27. The largest absolute Gasteiger partial charge is 0.504 e. The summed E-state index contributed by atoms with van der Waals surface area (Å²) in [4.78, 5) is 37.2. The summed E-state index contributed by atoms with van der Waals surface area (Å²) in [5.74, 6) is -2.80. The van der Waals surface area contributed by atoms with E-state index in [4.69, 9.17) is 9.47 Å². The van der Waals surface area contributed by atoms with Crippen molar-refractivity contribution in [3.8, 4) is 34.5 Å². The number of nitrogens with one attached hydrogen (secondary N) is 1. The monoisotopic (exact) mass is 481 g/mol. The van der Waals surface area contributed by atoms with Gasteiger partial charge in [-0.1, -0.05) is 0 Å². The van der Waals surface area contributed by atoms with Gasteiger partial charge < -0.3 is 35.2 Å². The van der Waals surface area contributed by atoms with Gasteiger partial charge in [-0.05, 0) is 61.6 Å². The van der Waals surface area contributed by atoms with Gasteiger partial charge >= 0.3 is 0 Å². The number of hydrogen-bond donors (Lipinski definition) is 5. The number of rotatable bonds is 11. The zero-order valence-electron chi connectivity index (χ0n) is 18.6. The van der Waals surface area contributed by atoms with Crippen LogP contribution in [0.2, 0.25) is 0 Å². The minimum atomic E-state index is -0.520. The molecule has 182 valence electrons. The van der Waals surface area contributed by atoms with E-state index in [1.807, 2.05) is 0 Å². The highest BCUT2D eigenvalue weighted by molar-refractivity contribution is 5.99. The number of phenolic OH excluding ortho intramolecular Hbond substituents is 4. The molecule has 0 saturated carbocycles. The summed E-state index contributed by atoms with van der Waals surface area (Å²) >= 11 is 0. The first-order valence-corrected chi connectivity index (χ1v) is 10.4. The molecular weight excluding hydrogens is 458 g/mol. The zero-order chi connectivity index (χ0) is 25.5. The maximum Gasteiger partial charge on any atom is 0.200 e. The number of Topliss-reactive ketones (excluding diaryl/α,β-unsaturated/α-hetero) is 3. The van der Waals surface area contributed by atoms with E-state index in [-0.39, 0.29) is 52.0 Å². The SMILES string of the molecule is CNCC(=O)c1ccc(OCC(=O)c2ccc(O)c(O)c2)c(OCC(=O)c2ccc(O)c(O)c2)c1. The Bertz CT molecular complexity index is 1270. The highest BCUT2D eigenvalue weighted by atomic mass is 16.5. The fraction of sp³-hybridized carbons (Fsp3) is 0.160. The van der Waals surface area contributed by atoms with Crippen molar-refractivity contribution in [2.24, 2.45) is 0 Å². The summed E-state index contributed by atoms with van der Waals surface area (Å²) < 4.78 is 11.2. The number of aromatic hydroxyl groups is 4. The number of ketones is 3. The van der Waals surface area contributed by atoms with Crippen molar-refractivity contribution >= 4 is 17.3 Å². The van der Waals surface area contributed by atoms with Crippen LogP contribution in [0, 0.1) is 0 Å². The van der Waals surface area contributed by atoms with Crippen LogP contribution < -0.4 is 14.8 Å². The molecule has 35 heavy (non-hydrogen) atoms. The number of phenols is 4. The van der Waals surface area contributed by atoms with Crippen LogP contribution in [0.5, 0.6) is 34.5 Å². The second-order valence-electron chi connectivity index (χ2n) is 7.45. The maximum absolute atomic E-state index is 12.5. The lowest BCUT2D eigenvalue weighted by Crippen LogP contribution is -2.19. The van der Waals surface area contributed by atoms with Crippen molar-refractivity contribution in [1.82, 2.24) is 5.32 Å². The lowest BCUT2D eigenvalue weighted by atomic mass is 10.1. The van der Waals surface area contributed by atoms with Gasteiger partial charge in [0.15, 0.2) is 65.1 Å². The van der Waals surface area contributed by atoms with Gasteiger partial charge in [-0.15, -0.1) is 0 Å². The fourth-order valence-electron chi connectivity index (χ4n) is 3.02. The molecule has 3 aromatic carbocycles. The van der Waals surface area contributed by atoms with Gasteiger partial charge in [-0.2, -0.15) is 0 Å². The zero-order valence-corrected chi connectivity index (χ0v) is 18.6. The highest BCUT2D eigenvalue weighted by Gasteiger charge is 2.17. The van der Waals surface area contributed by atoms with Gasteiger partial charge in [-0.25, -0.2) is 0 Å². The summed E-state index contributed by atoms with van der Waals surface area (Å²) in [7, 11) is 1.62. The molecule has 3 aromatic rings. The Morgan fingerprint density at radius 2 is 1.09 bits per heavy atom. The molecule has 10 nitrogen and oxygen atoms in total. The summed E-state index contributed by atoms with van der Waals surface area (Å²) in [6.07, 6.45) is 0. The molecule has 0 aliphatic heterocycles. The van der Waals surface area contributed by atoms with Crippen molar-refractivity contribution in [3.63, 3.8) is 0 Å². The van der Waals surface area contributed by atoms with Crippen molar-refractivity contribution in [3.05, 3.63) is 71.3 Å². The Hall–Kier alpha value is -4.57. The third-order valence-corrected chi connectivity index (χ3v) is 4.92.